The topological polar surface area (TPSA) is 108 Å². The first-order valence-corrected chi connectivity index (χ1v) is 11.4. The molecule has 0 aliphatic carbocycles. The van der Waals surface area contributed by atoms with Crippen molar-refractivity contribution < 1.29 is 18.0 Å². The quantitative estimate of drug-likeness (QED) is 0.566. The number of amides is 3. The van der Waals surface area contributed by atoms with Gasteiger partial charge in [-0.2, -0.15) is 0 Å². The molecule has 2 aromatic rings. The number of hydrogen-bond donors (Lipinski definition) is 3. The molecule has 2 rings (SSSR count). The summed E-state index contributed by atoms with van der Waals surface area (Å²) >= 11 is 0. The molecule has 9 heteroatoms. The average molecular weight is 433 g/mol. The van der Waals surface area contributed by atoms with Crippen molar-refractivity contribution in [3.63, 3.8) is 0 Å². The second-order valence-electron chi connectivity index (χ2n) is 6.64. The van der Waals surface area contributed by atoms with Crippen LogP contribution in [0.4, 0.5) is 10.5 Å². The summed E-state index contributed by atoms with van der Waals surface area (Å²) in [7, 11) is -1.94. The first-order valence-electron chi connectivity index (χ1n) is 9.71. The molecule has 0 aliphatic rings. The number of nitrogens with zero attached hydrogens (tertiary/aromatic N) is 1. The largest absolute Gasteiger partial charge is 0.339 e. The van der Waals surface area contributed by atoms with Crippen LogP contribution in [-0.2, 0) is 22.3 Å². The van der Waals surface area contributed by atoms with Gasteiger partial charge >= 0.3 is 6.03 Å². The third-order valence-corrected chi connectivity index (χ3v) is 5.92. The van der Waals surface area contributed by atoms with E-state index in [0.29, 0.717) is 36.4 Å². The van der Waals surface area contributed by atoms with E-state index in [-0.39, 0.29) is 17.7 Å². The van der Waals surface area contributed by atoms with Crippen LogP contribution < -0.4 is 15.4 Å². The fourth-order valence-electron chi connectivity index (χ4n) is 2.79. The van der Waals surface area contributed by atoms with Gasteiger partial charge in [0.2, 0.25) is 10.0 Å². The number of nitrogens with one attached hydrogen (secondary N) is 3. The van der Waals surface area contributed by atoms with Gasteiger partial charge in [0.15, 0.2) is 0 Å². The molecule has 0 saturated carbocycles. The van der Waals surface area contributed by atoms with Crippen molar-refractivity contribution in [1.82, 2.24) is 14.9 Å². The molecule has 3 amide bonds. The number of urea groups is 1. The molecule has 8 nitrogen and oxygen atoms in total. The van der Waals surface area contributed by atoms with Crippen LogP contribution in [0.2, 0.25) is 0 Å². The lowest BCUT2D eigenvalue weighted by Gasteiger charge is -2.18. The minimum Gasteiger partial charge on any atom is -0.339 e. The summed E-state index contributed by atoms with van der Waals surface area (Å²) in [5, 5.41) is 5.47. The van der Waals surface area contributed by atoms with Gasteiger partial charge in [-0.1, -0.05) is 24.3 Å². The molecular formula is C21H28N4O4S. The Bertz CT molecular complexity index is 954. The van der Waals surface area contributed by atoms with E-state index in [4.69, 9.17) is 0 Å². The van der Waals surface area contributed by atoms with Crippen LogP contribution >= 0.6 is 0 Å². The molecule has 2 aromatic carbocycles. The summed E-state index contributed by atoms with van der Waals surface area (Å²) in [6.45, 7) is 5.44. The highest BCUT2D eigenvalue weighted by Gasteiger charge is 2.12. The summed E-state index contributed by atoms with van der Waals surface area (Å²) < 4.78 is 25.4. The number of rotatable bonds is 9. The molecule has 162 valence electrons. The van der Waals surface area contributed by atoms with Crippen LogP contribution in [-0.4, -0.2) is 45.4 Å². The molecule has 0 unspecified atom stereocenters. The highest BCUT2D eigenvalue weighted by Crippen LogP contribution is 2.12. The van der Waals surface area contributed by atoms with Crippen LogP contribution in [0, 0.1) is 0 Å². The monoisotopic (exact) mass is 432 g/mol. The fourth-order valence-corrected chi connectivity index (χ4v) is 3.57. The van der Waals surface area contributed by atoms with Crippen LogP contribution in [0.25, 0.3) is 0 Å². The number of carbonyl (C=O) groups is 2. The molecule has 0 aliphatic heterocycles. The Hall–Kier alpha value is -2.91. The lowest BCUT2D eigenvalue weighted by Crippen LogP contribution is -2.30. The van der Waals surface area contributed by atoms with E-state index in [1.807, 2.05) is 13.8 Å². The van der Waals surface area contributed by atoms with Crippen molar-refractivity contribution in [2.45, 2.75) is 26.1 Å². The van der Waals surface area contributed by atoms with E-state index in [1.165, 1.54) is 7.05 Å². The predicted octanol–water partition coefficient (Wildman–Crippen LogP) is 2.54. The van der Waals surface area contributed by atoms with Crippen molar-refractivity contribution in [3.8, 4) is 0 Å². The van der Waals surface area contributed by atoms with Gasteiger partial charge in [0.05, 0.1) is 5.75 Å². The second-order valence-corrected chi connectivity index (χ2v) is 8.57. The van der Waals surface area contributed by atoms with Gasteiger partial charge in [-0.15, -0.1) is 0 Å². The highest BCUT2D eigenvalue weighted by molar-refractivity contribution is 7.88. The van der Waals surface area contributed by atoms with Crippen LogP contribution in [0.15, 0.2) is 48.5 Å². The van der Waals surface area contributed by atoms with Crippen molar-refractivity contribution in [3.05, 3.63) is 65.2 Å². The number of anilines is 1. The normalized spacial score (nSPS) is 11.0. The minimum atomic E-state index is -3.32. The Kier molecular flexibility index (Phi) is 8.37. The lowest BCUT2D eigenvalue weighted by atomic mass is 10.1. The maximum atomic E-state index is 12.3. The van der Waals surface area contributed by atoms with E-state index in [1.54, 1.807) is 53.4 Å². The Morgan fingerprint density at radius 1 is 0.900 bits per heavy atom. The molecule has 0 spiro atoms. The van der Waals surface area contributed by atoms with Gasteiger partial charge in [-0.25, -0.2) is 17.9 Å². The van der Waals surface area contributed by atoms with E-state index in [0.717, 1.165) is 5.56 Å². The average Bonchev–Trinajstić information content (AvgIpc) is 2.74. The van der Waals surface area contributed by atoms with Crippen LogP contribution in [0.3, 0.4) is 0 Å². The van der Waals surface area contributed by atoms with E-state index >= 15 is 0 Å². The van der Waals surface area contributed by atoms with Gasteiger partial charge in [-0.05, 0) is 56.3 Å². The van der Waals surface area contributed by atoms with Crippen molar-refractivity contribution >= 4 is 27.6 Å². The number of carbonyl (C=O) groups excluding carboxylic acids is 2. The third kappa shape index (κ3) is 6.85. The summed E-state index contributed by atoms with van der Waals surface area (Å²) in [5.41, 5.74) is 2.66. The molecule has 30 heavy (non-hydrogen) atoms. The van der Waals surface area contributed by atoms with Gasteiger partial charge in [0, 0.05) is 30.9 Å². The van der Waals surface area contributed by atoms with E-state index in [9.17, 15) is 18.0 Å². The zero-order valence-corrected chi connectivity index (χ0v) is 18.3. The van der Waals surface area contributed by atoms with Crippen LogP contribution in [0.5, 0.6) is 0 Å². The van der Waals surface area contributed by atoms with E-state index in [2.05, 4.69) is 15.4 Å². The third-order valence-electron chi connectivity index (χ3n) is 4.58. The first kappa shape index (κ1) is 23.4. The molecule has 0 radical (unpaired) electrons. The van der Waals surface area contributed by atoms with Gasteiger partial charge in [0.25, 0.3) is 5.91 Å². The zero-order valence-electron chi connectivity index (χ0n) is 17.4. The molecule has 3 N–H and O–H groups in total. The number of hydrogen-bond acceptors (Lipinski definition) is 4. The molecule has 0 bridgehead atoms. The van der Waals surface area contributed by atoms with Crippen LogP contribution in [0.1, 0.15) is 35.3 Å². The molecule has 0 fully saturated rings. The summed E-state index contributed by atoms with van der Waals surface area (Å²) in [6, 6.07) is 13.4. The zero-order chi connectivity index (χ0) is 22.1. The molecule has 0 heterocycles. The SMILES string of the molecule is CCN(CC)C(=O)c1ccc(NC(=O)NCc2ccc(CS(=O)(=O)NC)cc2)cc1. The Balaban J connectivity index is 1.87. The first-order chi connectivity index (χ1) is 14.3. The Labute approximate surface area is 177 Å². The highest BCUT2D eigenvalue weighted by atomic mass is 32.2. The maximum Gasteiger partial charge on any atom is 0.319 e. The van der Waals surface area contributed by atoms with Crippen molar-refractivity contribution in [1.29, 1.82) is 0 Å². The van der Waals surface area contributed by atoms with Crippen molar-refractivity contribution in [2.75, 3.05) is 25.5 Å². The fraction of sp³-hybridized carbons (Fsp3) is 0.333. The molecule has 0 saturated heterocycles. The van der Waals surface area contributed by atoms with Crippen molar-refractivity contribution in [2.24, 2.45) is 0 Å². The molecule has 0 aromatic heterocycles. The second kappa shape index (κ2) is 10.7. The summed E-state index contributed by atoms with van der Waals surface area (Å²) in [6.07, 6.45) is 0. The van der Waals surface area contributed by atoms with Gasteiger partial charge < -0.3 is 15.5 Å². The molecular weight excluding hydrogens is 404 g/mol. The van der Waals surface area contributed by atoms with E-state index < -0.39 is 10.0 Å². The summed E-state index contributed by atoms with van der Waals surface area (Å²) in [5.74, 6) is -0.133. The predicted molar refractivity (Wildman–Crippen MR) is 118 cm³/mol. The lowest BCUT2D eigenvalue weighted by molar-refractivity contribution is 0.0773. The molecule has 0 atom stereocenters. The Morgan fingerprint density at radius 2 is 1.47 bits per heavy atom. The maximum absolute atomic E-state index is 12.3. The smallest absolute Gasteiger partial charge is 0.319 e. The summed E-state index contributed by atoms with van der Waals surface area (Å²) in [4.78, 5) is 26.2. The standard InChI is InChI=1S/C21H28N4O4S/c1-4-25(5-2)20(26)18-10-12-19(13-11-18)24-21(27)23-14-16-6-8-17(9-7-16)15-30(28,29)22-3/h6-13,22H,4-5,14-15H2,1-3H3,(H2,23,24,27). The number of sulfonamides is 1. The Morgan fingerprint density at radius 3 is 2.00 bits per heavy atom. The number of benzene rings is 2. The van der Waals surface area contributed by atoms with Gasteiger partial charge in [0.1, 0.15) is 0 Å². The minimum absolute atomic E-state index is 0.0398. The van der Waals surface area contributed by atoms with Gasteiger partial charge in [-0.3, -0.25) is 4.79 Å².